The fourth-order valence-corrected chi connectivity index (χ4v) is 1.48. The highest BCUT2D eigenvalue weighted by Gasteiger charge is 1.99. The molecule has 0 aliphatic carbocycles. The maximum Gasteiger partial charge on any atom is 0.0453 e. The van der Waals surface area contributed by atoms with Crippen molar-refractivity contribution in [1.82, 2.24) is 5.32 Å². The molecule has 0 atom stereocenters. The maximum atomic E-state index is 5.91. The van der Waals surface area contributed by atoms with E-state index in [-0.39, 0.29) is 0 Å². The lowest BCUT2D eigenvalue weighted by Crippen LogP contribution is -2.02. The van der Waals surface area contributed by atoms with Gasteiger partial charge in [0.2, 0.25) is 0 Å². The van der Waals surface area contributed by atoms with Crippen molar-refractivity contribution in [1.29, 1.82) is 0 Å². The van der Waals surface area contributed by atoms with Crippen LogP contribution >= 0.6 is 11.6 Å². The Morgan fingerprint density at radius 3 is 2.86 bits per heavy atom. The van der Waals surface area contributed by atoms with E-state index in [1.54, 1.807) is 0 Å². The van der Waals surface area contributed by atoms with Crippen LogP contribution in [0.5, 0.6) is 0 Å². The molecule has 1 aliphatic heterocycles. The van der Waals surface area contributed by atoms with Crippen molar-refractivity contribution >= 4 is 17.3 Å². The second-order valence-electron chi connectivity index (χ2n) is 2.98. The molecule has 1 aromatic rings. The molecule has 2 rings (SSSR count). The molecule has 0 aromatic heterocycles. The Morgan fingerprint density at radius 2 is 2.00 bits per heavy atom. The molecule has 1 nitrogen and oxygen atoms in total. The number of rotatable bonds is 1. The Kier molecular flexibility index (Phi) is 2.70. The van der Waals surface area contributed by atoms with Crippen LogP contribution in [0.1, 0.15) is 5.56 Å². The van der Waals surface area contributed by atoms with Crippen LogP contribution in [0.2, 0.25) is 5.02 Å². The number of nitrogens with one attached hydrogen (secondary N) is 1. The van der Waals surface area contributed by atoms with Gasteiger partial charge in [0.05, 0.1) is 0 Å². The Hall–Kier alpha value is -1.47. The quantitative estimate of drug-likeness (QED) is 0.738. The first kappa shape index (κ1) is 9.10. The van der Waals surface area contributed by atoms with E-state index in [4.69, 9.17) is 11.6 Å². The molecule has 0 unspecified atom stereocenters. The highest BCUT2D eigenvalue weighted by atomic mass is 35.5. The smallest absolute Gasteiger partial charge is 0.0453 e. The van der Waals surface area contributed by atoms with Crippen LogP contribution in [0.3, 0.4) is 0 Å². The van der Waals surface area contributed by atoms with E-state index in [9.17, 15) is 0 Å². The van der Waals surface area contributed by atoms with Gasteiger partial charge in [0.25, 0.3) is 0 Å². The van der Waals surface area contributed by atoms with Crippen molar-refractivity contribution in [2.45, 2.75) is 0 Å². The van der Waals surface area contributed by atoms with Crippen molar-refractivity contribution in [3.63, 3.8) is 0 Å². The average Bonchev–Trinajstić information content (AvgIpc) is 2.45. The van der Waals surface area contributed by atoms with E-state index >= 15 is 0 Å². The summed E-state index contributed by atoms with van der Waals surface area (Å²) < 4.78 is 0. The Balaban J connectivity index is 2.35. The molecule has 1 aliphatic rings. The van der Waals surface area contributed by atoms with Gasteiger partial charge in [0, 0.05) is 16.9 Å². The second-order valence-corrected chi connectivity index (χ2v) is 3.42. The van der Waals surface area contributed by atoms with Crippen LogP contribution in [0, 0.1) is 0 Å². The Morgan fingerprint density at radius 1 is 1.07 bits per heavy atom. The van der Waals surface area contributed by atoms with Gasteiger partial charge in [-0.15, -0.1) is 0 Å². The van der Waals surface area contributed by atoms with E-state index in [2.05, 4.69) is 5.32 Å². The summed E-state index contributed by atoms with van der Waals surface area (Å²) >= 11 is 5.91. The molecule has 1 aromatic carbocycles. The zero-order valence-electron chi connectivity index (χ0n) is 7.57. The lowest BCUT2D eigenvalue weighted by atomic mass is 10.1. The third kappa shape index (κ3) is 2.06. The molecule has 0 amide bonds. The summed E-state index contributed by atoms with van der Waals surface area (Å²) in [7, 11) is 0. The highest BCUT2D eigenvalue weighted by Crippen LogP contribution is 2.17. The first-order valence-corrected chi connectivity index (χ1v) is 4.80. The molecule has 0 saturated carbocycles. The Bertz CT molecular complexity index is 416. The molecule has 14 heavy (non-hydrogen) atoms. The standard InChI is InChI=1S/C12H10ClN/c13-11-6-4-5-10(9-11)12-7-2-1-3-8-14-12/h1-9,14H. The molecule has 0 bridgehead atoms. The molecule has 1 heterocycles. The van der Waals surface area contributed by atoms with Gasteiger partial charge in [0.1, 0.15) is 0 Å². The topological polar surface area (TPSA) is 12.0 Å². The van der Waals surface area contributed by atoms with Crippen LogP contribution < -0.4 is 5.32 Å². The van der Waals surface area contributed by atoms with Gasteiger partial charge < -0.3 is 5.32 Å². The minimum Gasteiger partial charge on any atom is -0.361 e. The predicted molar refractivity (Wildman–Crippen MR) is 60.8 cm³/mol. The molecule has 0 saturated heterocycles. The minimum absolute atomic E-state index is 0.752. The maximum absolute atomic E-state index is 5.91. The Labute approximate surface area is 88.4 Å². The number of halogens is 1. The highest BCUT2D eigenvalue weighted by molar-refractivity contribution is 6.30. The van der Waals surface area contributed by atoms with Gasteiger partial charge in [-0.1, -0.05) is 35.9 Å². The molecule has 70 valence electrons. The summed E-state index contributed by atoms with van der Waals surface area (Å²) in [6, 6.07) is 7.78. The summed E-state index contributed by atoms with van der Waals surface area (Å²) in [5.74, 6) is 0. The number of allylic oxidation sites excluding steroid dienone is 4. The molecule has 0 spiro atoms. The number of hydrogen-bond acceptors (Lipinski definition) is 1. The van der Waals surface area contributed by atoms with Crippen LogP contribution in [0.15, 0.2) is 54.8 Å². The van der Waals surface area contributed by atoms with Crippen molar-refractivity contribution in [2.75, 3.05) is 0 Å². The summed E-state index contributed by atoms with van der Waals surface area (Å²) in [6.07, 6.45) is 9.84. The molecular weight excluding hydrogens is 194 g/mol. The van der Waals surface area contributed by atoms with Gasteiger partial charge in [-0.2, -0.15) is 0 Å². The van der Waals surface area contributed by atoms with Crippen molar-refractivity contribution in [2.24, 2.45) is 0 Å². The minimum atomic E-state index is 0.752. The van der Waals surface area contributed by atoms with Gasteiger partial charge in [-0.3, -0.25) is 0 Å². The predicted octanol–water partition coefficient (Wildman–Crippen LogP) is 3.35. The fourth-order valence-electron chi connectivity index (χ4n) is 1.29. The van der Waals surface area contributed by atoms with E-state index in [0.29, 0.717) is 0 Å². The number of hydrogen-bond donors (Lipinski definition) is 1. The molecule has 0 radical (unpaired) electrons. The summed E-state index contributed by atoms with van der Waals surface area (Å²) in [4.78, 5) is 0. The second kappa shape index (κ2) is 4.16. The molecular formula is C12H10ClN. The van der Waals surface area contributed by atoms with E-state index in [1.165, 1.54) is 0 Å². The fraction of sp³-hybridized carbons (Fsp3) is 0. The van der Waals surface area contributed by atoms with E-state index < -0.39 is 0 Å². The first-order valence-electron chi connectivity index (χ1n) is 4.42. The molecule has 1 N–H and O–H groups in total. The lowest BCUT2D eigenvalue weighted by Gasteiger charge is -2.06. The molecule has 0 fully saturated rings. The van der Waals surface area contributed by atoms with Gasteiger partial charge in [-0.05, 0) is 29.8 Å². The first-order chi connectivity index (χ1) is 6.86. The van der Waals surface area contributed by atoms with Crippen LogP contribution in [0.4, 0.5) is 0 Å². The van der Waals surface area contributed by atoms with Gasteiger partial charge in [0.15, 0.2) is 0 Å². The van der Waals surface area contributed by atoms with E-state index in [1.807, 2.05) is 54.8 Å². The largest absolute Gasteiger partial charge is 0.361 e. The molecule has 2 heteroatoms. The van der Waals surface area contributed by atoms with E-state index in [0.717, 1.165) is 16.3 Å². The van der Waals surface area contributed by atoms with Crippen molar-refractivity contribution < 1.29 is 0 Å². The zero-order chi connectivity index (χ0) is 9.80. The summed E-state index contributed by atoms with van der Waals surface area (Å²) in [6.45, 7) is 0. The lowest BCUT2D eigenvalue weighted by molar-refractivity contribution is 1.22. The summed E-state index contributed by atoms with van der Waals surface area (Å²) in [5, 5.41) is 3.94. The summed E-state index contributed by atoms with van der Waals surface area (Å²) in [5.41, 5.74) is 2.14. The van der Waals surface area contributed by atoms with Crippen molar-refractivity contribution in [3.8, 4) is 0 Å². The monoisotopic (exact) mass is 203 g/mol. The van der Waals surface area contributed by atoms with Crippen LogP contribution in [-0.2, 0) is 0 Å². The average molecular weight is 204 g/mol. The van der Waals surface area contributed by atoms with Gasteiger partial charge in [-0.25, -0.2) is 0 Å². The number of benzene rings is 1. The third-order valence-corrected chi connectivity index (χ3v) is 2.19. The van der Waals surface area contributed by atoms with Crippen LogP contribution in [0.25, 0.3) is 5.70 Å². The zero-order valence-corrected chi connectivity index (χ0v) is 8.33. The van der Waals surface area contributed by atoms with Crippen LogP contribution in [-0.4, -0.2) is 0 Å². The third-order valence-electron chi connectivity index (χ3n) is 1.96. The normalized spacial score (nSPS) is 14.5. The van der Waals surface area contributed by atoms with Gasteiger partial charge >= 0.3 is 0 Å². The van der Waals surface area contributed by atoms with Crippen molar-refractivity contribution in [3.05, 3.63) is 65.4 Å². The SMILES string of the molecule is Clc1cccc(C2=CC=CC=CN2)c1.